The third-order valence-corrected chi connectivity index (χ3v) is 5.58. The van der Waals surface area contributed by atoms with Crippen LogP contribution in [0.15, 0.2) is 4.42 Å². The molecule has 1 saturated carbocycles. The van der Waals surface area contributed by atoms with E-state index in [9.17, 15) is 0 Å². The van der Waals surface area contributed by atoms with E-state index in [1.807, 2.05) is 4.68 Å². The molecule has 136 valence electrons. The Balaban J connectivity index is 1.48. The molecule has 5 nitrogen and oxygen atoms in total. The largest absolute Gasteiger partial charge is 0.413 e. The Morgan fingerprint density at radius 2 is 1.67 bits per heavy atom. The van der Waals surface area contributed by atoms with Gasteiger partial charge in [-0.1, -0.05) is 40.0 Å². The Morgan fingerprint density at radius 1 is 1.04 bits per heavy atom. The molecule has 3 rings (SSSR count). The van der Waals surface area contributed by atoms with Crippen molar-refractivity contribution >= 4 is 12.2 Å². The number of hydrogen-bond acceptors (Lipinski definition) is 5. The quantitative estimate of drug-likeness (QED) is 0.773. The SMILES string of the molecule is CC(C)(C)c1nn(CN2CCN(CC3CCCCC3)CC2)c(=S)o1. The van der Waals surface area contributed by atoms with Gasteiger partial charge in [-0.05, 0) is 31.0 Å². The Bertz CT molecular complexity index is 575. The molecule has 0 aromatic carbocycles. The monoisotopic (exact) mass is 352 g/mol. The number of piperazine rings is 1. The highest BCUT2D eigenvalue weighted by molar-refractivity contribution is 7.71. The first kappa shape index (κ1) is 18.1. The molecule has 2 fully saturated rings. The van der Waals surface area contributed by atoms with Gasteiger partial charge in [0.1, 0.15) is 0 Å². The zero-order chi connectivity index (χ0) is 17.2. The first-order valence-electron chi connectivity index (χ1n) is 9.45. The van der Waals surface area contributed by atoms with Crippen molar-refractivity contribution in [1.29, 1.82) is 0 Å². The van der Waals surface area contributed by atoms with E-state index in [0.717, 1.165) is 44.7 Å². The van der Waals surface area contributed by atoms with E-state index in [4.69, 9.17) is 16.6 Å². The lowest BCUT2D eigenvalue weighted by Gasteiger charge is -2.37. The van der Waals surface area contributed by atoms with Gasteiger partial charge in [0.15, 0.2) is 0 Å². The van der Waals surface area contributed by atoms with E-state index >= 15 is 0 Å². The molecule has 24 heavy (non-hydrogen) atoms. The lowest BCUT2D eigenvalue weighted by atomic mass is 9.89. The van der Waals surface area contributed by atoms with Crippen molar-refractivity contribution in [2.45, 2.75) is 65.0 Å². The second kappa shape index (κ2) is 7.67. The van der Waals surface area contributed by atoms with Crippen molar-refractivity contribution in [2.75, 3.05) is 32.7 Å². The Kier molecular flexibility index (Phi) is 5.78. The van der Waals surface area contributed by atoms with Crippen molar-refractivity contribution < 1.29 is 4.42 Å². The van der Waals surface area contributed by atoms with Crippen molar-refractivity contribution in [3.8, 4) is 0 Å². The van der Waals surface area contributed by atoms with Crippen LogP contribution >= 0.6 is 12.2 Å². The summed E-state index contributed by atoms with van der Waals surface area (Å²) >= 11 is 5.34. The minimum absolute atomic E-state index is 0.0997. The minimum Gasteiger partial charge on any atom is -0.413 e. The summed E-state index contributed by atoms with van der Waals surface area (Å²) in [7, 11) is 0. The lowest BCUT2D eigenvalue weighted by molar-refractivity contribution is 0.0856. The number of nitrogens with zero attached hydrogens (tertiary/aromatic N) is 4. The molecular weight excluding hydrogens is 320 g/mol. The first-order valence-corrected chi connectivity index (χ1v) is 9.86. The molecule has 1 aliphatic heterocycles. The summed E-state index contributed by atoms with van der Waals surface area (Å²) in [5.74, 6) is 1.66. The maximum atomic E-state index is 5.67. The maximum absolute atomic E-state index is 5.67. The summed E-state index contributed by atoms with van der Waals surface area (Å²) < 4.78 is 7.51. The molecule has 2 aliphatic rings. The van der Waals surface area contributed by atoms with Crippen LogP contribution in [-0.4, -0.2) is 52.3 Å². The Hall–Kier alpha value is -0.720. The normalized spacial score (nSPS) is 22.1. The third-order valence-electron chi connectivity index (χ3n) is 5.29. The summed E-state index contributed by atoms with van der Waals surface area (Å²) in [5.41, 5.74) is -0.0997. The van der Waals surface area contributed by atoms with Gasteiger partial charge >= 0.3 is 0 Å². The predicted molar refractivity (Wildman–Crippen MR) is 98.6 cm³/mol. The van der Waals surface area contributed by atoms with Gasteiger partial charge in [-0.25, -0.2) is 4.68 Å². The highest BCUT2D eigenvalue weighted by Crippen LogP contribution is 2.25. The van der Waals surface area contributed by atoms with Crippen LogP contribution in [0.25, 0.3) is 0 Å². The summed E-state index contributed by atoms with van der Waals surface area (Å²) in [6.45, 7) is 12.8. The van der Waals surface area contributed by atoms with Gasteiger partial charge in [0.2, 0.25) is 5.89 Å². The van der Waals surface area contributed by atoms with E-state index in [2.05, 4.69) is 35.7 Å². The van der Waals surface area contributed by atoms with Gasteiger partial charge in [0, 0.05) is 38.1 Å². The summed E-state index contributed by atoms with van der Waals surface area (Å²) in [6, 6.07) is 0. The van der Waals surface area contributed by atoms with Crippen LogP contribution in [0.5, 0.6) is 0 Å². The molecule has 0 bridgehead atoms. The second-order valence-corrected chi connectivity index (χ2v) is 8.84. The van der Waals surface area contributed by atoms with Crippen molar-refractivity contribution in [1.82, 2.24) is 19.6 Å². The maximum Gasteiger partial charge on any atom is 0.288 e. The highest BCUT2D eigenvalue weighted by Gasteiger charge is 2.24. The smallest absolute Gasteiger partial charge is 0.288 e. The molecule has 0 amide bonds. The number of rotatable bonds is 4. The molecule has 0 unspecified atom stereocenters. The zero-order valence-electron chi connectivity index (χ0n) is 15.5. The zero-order valence-corrected chi connectivity index (χ0v) is 16.3. The van der Waals surface area contributed by atoms with Crippen molar-refractivity contribution in [2.24, 2.45) is 5.92 Å². The van der Waals surface area contributed by atoms with Crippen molar-refractivity contribution in [3.63, 3.8) is 0 Å². The minimum atomic E-state index is -0.0997. The fourth-order valence-corrected chi connectivity index (χ4v) is 3.91. The van der Waals surface area contributed by atoms with Gasteiger partial charge in [-0.3, -0.25) is 4.90 Å². The topological polar surface area (TPSA) is 37.4 Å². The molecule has 0 N–H and O–H groups in total. The summed E-state index contributed by atoms with van der Waals surface area (Å²) in [6.07, 6.45) is 7.18. The van der Waals surface area contributed by atoms with Crippen LogP contribution < -0.4 is 0 Å². The van der Waals surface area contributed by atoms with E-state index in [-0.39, 0.29) is 5.41 Å². The molecule has 1 aromatic heterocycles. The van der Waals surface area contributed by atoms with Crippen molar-refractivity contribution in [3.05, 3.63) is 10.7 Å². The van der Waals surface area contributed by atoms with Gasteiger partial charge < -0.3 is 9.32 Å². The molecular formula is C18H32N4OS. The summed E-state index contributed by atoms with van der Waals surface area (Å²) in [4.78, 5) is 5.57. The standard InChI is InChI=1S/C18H32N4OS/c1-18(2,3)16-19-22(17(24)23-16)14-21-11-9-20(10-12-21)13-15-7-5-4-6-8-15/h15H,4-14H2,1-3H3. The van der Waals surface area contributed by atoms with Crippen LogP contribution in [0.4, 0.5) is 0 Å². The van der Waals surface area contributed by atoms with Crippen LogP contribution in [-0.2, 0) is 12.1 Å². The average molecular weight is 353 g/mol. The average Bonchev–Trinajstić information content (AvgIpc) is 2.92. The van der Waals surface area contributed by atoms with E-state index in [1.54, 1.807) is 0 Å². The van der Waals surface area contributed by atoms with E-state index in [0.29, 0.717) is 4.84 Å². The second-order valence-electron chi connectivity index (χ2n) is 8.49. The third kappa shape index (κ3) is 4.67. The first-order chi connectivity index (χ1) is 11.4. The Labute approximate surface area is 151 Å². The summed E-state index contributed by atoms with van der Waals surface area (Å²) in [5, 5.41) is 4.58. The lowest BCUT2D eigenvalue weighted by Crippen LogP contribution is -2.48. The van der Waals surface area contributed by atoms with E-state index < -0.39 is 0 Å². The molecule has 6 heteroatoms. The Morgan fingerprint density at radius 3 is 2.25 bits per heavy atom. The van der Waals surface area contributed by atoms with Gasteiger partial charge in [0.25, 0.3) is 4.84 Å². The fourth-order valence-electron chi connectivity index (χ4n) is 3.74. The highest BCUT2D eigenvalue weighted by atomic mass is 32.1. The fraction of sp³-hybridized carbons (Fsp3) is 0.889. The predicted octanol–water partition coefficient (Wildman–Crippen LogP) is 3.66. The van der Waals surface area contributed by atoms with Gasteiger partial charge in [-0.2, -0.15) is 0 Å². The molecule has 2 heterocycles. The molecule has 0 radical (unpaired) electrons. The molecule has 1 aromatic rings. The number of hydrogen-bond donors (Lipinski definition) is 0. The molecule has 1 aliphatic carbocycles. The molecule has 0 atom stereocenters. The van der Waals surface area contributed by atoms with E-state index in [1.165, 1.54) is 38.6 Å². The van der Waals surface area contributed by atoms with Gasteiger partial charge in [-0.15, -0.1) is 5.10 Å². The van der Waals surface area contributed by atoms with Crippen LogP contribution in [0, 0.1) is 10.8 Å². The van der Waals surface area contributed by atoms with Crippen LogP contribution in [0.2, 0.25) is 0 Å². The number of aromatic nitrogens is 2. The van der Waals surface area contributed by atoms with Crippen LogP contribution in [0.3, 0.4) is 0 Å². The molecule has 0 spiro atoms. The van der Waals surface area contributed by atoms with Crippen LogP contribution in [0.1, 0.15) is 58.8 Å². The van der Waals surface area contributed by atoms with Gasteiger partial charge in [0.05, 0.1) is 6.67 Å². The molecule has 1 saturated heterocycles.